The van der Waals surface area contributed by atoms with Crippen LogP contribution in [0, 0.1) is 0 Å². The molecule has 0 saturated carbocycles. The fraction of sp³-hybridized carbons (Fsp3) is 0.290. The van der Waals surface area contributed by atoms with Gasteiger partial charge in [-0.1, -0.05) is 92.8 Å². The van der Waals surface area contributed by atoms with Gasteiger partial charge >= 0.3 is 0 Å². The second-order valence-electron chi connectivity index (χ2n) is 9.28. The van der Waals surface area contributed by atoms with E-state index in [1.807, 2.05) is 12.1 Å². The average Bonchev–Trinajstić information content (AvgIpc) is 3.14. The molecule has 178 valence electrons. The van der Waals surface area contributed by atoms with Crippen LogP contribution < -0.4 is 4.74 Å². The van der Waals surface area contributed by atoms with Gasteiger partial charge in [-0.3, -0.25) is 14.5 Å². The van der Waals surface area contributed by atoms with Crippen molar-refractivity contribution in [3.63, 3.8) is 0 Å². The van der Waals surface area contributed by atoms with Crippen molar-refractivity contribution >= 4 is 33.4 Å². The van der Waals surface area contributed by atoms with Crippen molar-refractivity contribution in [3.05, 3.63) is 90.0 Å². The third kappa shape index (κ3) is 4.93. The van der Waals surface area contributed by atoms with E-state index < -0.39 is 0 Å². The van der Waals surface area contributed by atoms with Crippen molar-refractivity contribution in [1.29, 1.82) is 0 Å². The Hall–Kier alpha value is -3.66. The molecule has 1 aliphatic rings. The fourth-order valence-electron chi connectivity index (χ4n) is 5.00. The number of fused-ring (bicyclic) bond motifs is 3. The Morgan fingerprint density at radius 2 is 1.06 bits per heavy atom. The van der Waals surface area contributed by atoms with E-state index in [1.165, 1.54) is 39.3 Å². The Balaban J connectivity index is 1.01. The highest BCUT2D eigenvalue weighted by atomic mass is 16.5. The van der Waals surface area contributed by atoms with Crippen LogP contribution in [0.3, 0.4) is 0 Å². The summed E-state index contributed by atoms with van der Waals surface area (Å²) in [5.74, 6) is 0.695. The molecule has 4 nitrogen and oxygen atoms in total. The molecule has 0 atom stereocenters. The van der Waals surface area contributed by atoms with Gasteiger partial charge in [0.2, 0.25) is 0 Å². The SMILES string of the molecule is O=C1c2ccccc2C(=O)N1CCCCCCCCCOc1c2ccccc2cc2ccccc12. The van der Waals surface area contributed by atoms with Crippen LogP contribution >= 0.6 is 0 Å². The number of unbranched alkanes of at least 4 members (excludes halogenated alkanes) is 6. The van der Waals surface area contributed by atoms with E-state index in [0.717, 1.165) is 44.5 Å². The maximum Gasteiger partial charge on any atom is 0.261 e. The van der Waals surface area contributed by atoms with Gasteiger partial charge in [0.05, 0.1) is 17.7 Å². The highest BCUT2D eigenvalue weighted by Crippen LogP contribution is 2.35. The number of carbonyl (C=O) groups is 2. The molecule has 35 heavy (non-hydrogen) atoms. The molecule has 0 saturated heterocycles. The fourth-order valence-corrected chi connectivity index (χ4v) is 5.00. The summed E-state index contributed by atoms with van der Waals surface area (Å²) in [6.45, 7) is 1.23. The third-order valence-electron chi connectivity index (χ3n) is 6.87. The van der Waals surface area contributed by atoms with Gasteiger partial charge in [0, 0.05) is 17.3 Å². The summed E-state index contributed by atoms with van der Waals surface area (Å²) in [4.78, 5) is 26.2. The second-order valence-corrected chi connectivity index (χ2v) is 9.28. The first kappa shape index (κ1) is 23.1. The molecule has 5 rings (SSSR count). The minimum Gasteiger partial charge on any atom is -0.492 e. The predicted octanol–water partition coefficient (Wildman–Crippen LogP) is 7.40. The van der Waals surface area contributed by atoms with Gasteiger partial charge in [-0.05, 0) is 41.8 Å². The highest BCUT2D eigenvalue weighted by molar-refractivity contribution is 6.21. The van der Waals surface area contributed by atoms with Crippen LogP contribution in [0.1, 0.15) is 65.7 Å². The van der Waals surface area contributed by atoms with Gasteiger partial charge < -0.3 is 4.74 Å². The van der Waals surface area contributed by atoms with Gasteiger partial charge in [0.1, 0.15) is 5.75 Å². The zero-order valence-corrected chi connectivity index (χ0v) is 20.0. The number of nitrogens with zero attached hydrogens (tertiary/aromatic N) is 1. The van der Waals surface area contributed by atoms with Gasteiger partial charge in [-0.15, -0.1) is 0 Å². The van der Waals surface area contributed by atoms with Crippen LogP contribution in [0.4, 0.5) is 0 Å². The third-order valence-corrected chi connectivity index (χ3v) is 6.87. The quantitative estimate of drug-likeness (QED) is 0.132. The molecular weight excluding hydrogens is 434 g/mol. The molecule has 4 aromatic carbocycles. The summed E-state index contributed by atoms with van der Waals surface area (Å²) >= 11 is 0. The largest absolute Gasteiger partial charge is 0.492 e. The van der Waals surface area contributed by atoms with Crippen molar-refractivity contribution in [1.82, 2.24) is 4.90 Å². The van der Waals surface area contributed by atoms with Crippen LogP contribution in [0.5, 0.6) is 5.75 Å². The van der Waals surface area contributed by atoms with Crippen LogP contribution in [0.15, 0.2) is 78.9 Å². The Kier molecular flexibility index (Phi) is 7.08. The van der Waals surface area contributed by atoms with Crippen molar-refractivity contribution in [2.75, 3.05) is 13.2 Å². The Morgan fingerprint density at radius 1 is 0.571 bits per heavy atom. The number of rotatable bonds is 11. The Bertz CT molecular complexity index is 1270. The first-order valence-electron chi connectivity index (χ1n) is 12.7. The van der Waals surface area contributed by atoms with E-state index in [-0.39, 0.29) is 11.8 Å². The molecule has 2 amide bonds. The number of hydrogen-bond acceptors (Lipinski definition) is 3. The smallest absolute Gasteiger partial charge is 0.261 e. The van der Waals surface area contributed by atoms with E-state index in [2.05, 4.69) is 54.6 Å². The van der Waals surface area contributed by atoms with Crippen molar-refractivity contribution < 1.29 is 14.3 Å². The zero-order valence-electron chi connectivity index (χ0n) is 20.0. The molecular formula is C31H31NO3. The summed E-state index contributed by atoms with van der Waals surface area (Å²) in [6.07, 6.45) is 7.53. The Labute approximate surface area is 206 Å². The number of carbonyl (C=O) groups excluding carboxylic acids is 2. The van der Waals surface area contributed by atoms with Crippen molar-refractivity contribution in [2.45, 2.75) is 44.9 Å². The van der Waals surface area contributed by atoms with E-state index in [9.17, 15) is 9.59 Å². The molecule has 4 heteroatoms. The van der Waals surface area contributed by atoms with Crippen LogP contribution in [0.25, 0.3) is 21.5 Å². The average molecular weight is 466 g/mol. The zero-order chi connectivity index (χ0) is 24.0. The lowest BCUT2D eigenvalue weighted by molar-refractivity contribution is 0.0651. The van der Waals surface area contributed by atoms with Crippen LogP contribution in [0.2, 0.25) is 0 Å². The monoisotopic (exact) mass is 465 g/mol. The van der Waals surface area contributed by atoms with Crippen LogP contribution in [-0.4, -0.2) is 29.9 Å². The summed E-state index contributed by atoms with van der Waals surface area (Å²) in [7, 11) is 0. The lowest BCUT2D eigenvalue weighted by atomic mass is 10.0. The Morgan fingerprint density at radius 3 is 1.66 bits per heavy atom. The number of benzene rings is 4. The molecule has 0 unspecified atom stereocenters. The van der Waals surface area contributed by atoms with Gasteiger partial charge in [0.15, 0.2) is 0 Å². The normalized spacial score (nSPS) is 13.1. The minimum atomic E-state index is -0.149. The molecule has 4 aromatic rings. The summed E-state index contributed by atoms with van der Waals surface area (Å²) in [5.41, 5.74) is 1.08. The lowest BCUT2D eigenvalue weighted by Crippen LogP contribution is -2.30. The molecule has 0 fully saturated rings. The van der Waals surface area contributed by atoms with E-state index in [0.29, 0.717) is 17.7 Å². The lowest BCUT2D eigenvalue weighted by Gasteiger charge is -2.14. The number of amides is 2. The highest BCUT2D eigenvalue weighted by Gasteiger charge is 2.34. The predicted molar refractivity (Wildman–Crippen MR) is 141 cm³/mol. The van der Waals surface area contributed by atoms with E-state index in [4.69, 9.17) is 4.74 Å². The first-order valence-corrected chi connectivity index (χ1v) is 12.7. The molecule has 0 radical (unpaired) electrons. The molecule has 0 aliphatic carbocycles. The van der Waals surface area contributed by atoms with E-state index in [1.54, 1.807) is 12.1 Å². The number of ether oxygens (including phenoxy) is 1. The standard InChI is InChI=1S/C31H31NO3/c33-30-27-18-10-11-19-28(27)31(34)32(30)20-12-4-2-1-3-5-13-21-35-29-25-16-8-6-14-23(25)22-24-15-7-9-17-26(24)29/h6-11,14-19,22H,1-5,12-13,20-21H2. The number of imide groups is 1. The molecule has 0 N–H and O–H groups in total. The summed E-state index contributed by atoms with van der Waals surface area (Å²) in [5, 5.41) is 4.76. The van der Waals surface area contributed by atoms with Crippen molar-refractivity contribution in [3.8, 4) is 5.75 Å². The second kappa shape index (κ2) is 10.7. The first-order chi connectivity index (χ1) is 17.2. The minimum absolute atomic E-state index is 0.149. The molecule has 0 spiro atoms. The maximum absolute atomic E-state index is 12.4. The molecule has 0 aromatic heterocycles. The van der Waals surface area contributed by atoms with Gasteiger partial charge in [-0.25, -0.2) is 0 Å². The topological polar surface area (TPSA) is 46.6 Å². The maximum atomic E-state index is 12.4. The van der Waals surface area contributed by atoms with Crippen molar-refractivity contribution in [2.24, 2.45) is 0 Å². The summed E-state index contributed by atoms with van der Waals surface area (Å²) in [6, 6.07) is 26.2. The molecule has 1 aliphatic heterocycles. The van der Waals surface area contributed by atoms with Crippen LogP contribution in [-0.2, 0) is 0 Å². The summed E-state index contributed by atoms with van der Waals surface area (Å²) < 4.78 is 6.31. The molecule has 0 bridgehead atoms. The van der Waals surface area contributed by atoms with Gasteiger partial charge in [0.25, 0.3) is 11.8 Å². The van der Waals surface area contributed by atoms with E-state index >= 15 is 0 Å². The van der Waals surface area contributed by atoms with Gasteiger partial charge in [-0.2, -0.15) is 0 Å². The molecule has 1 heterocycles. The number of hydrogen-bond donors (Lipinski definition) is 0.